The van der Waals surface area contributed by atoms with E-state index in [2.05, 4.69) is 15.6 Å². The van der Waals surface area contributed by atoms with Crippen LogP contribution in [0.15, 0.2) is 53.9 Å². The molecule has 1 aromatic heterocycles. The molecule has 0 bridgehead atoms. The van der Waals surface area contributed by atoms with Crippen LogP contribution in [0.5, 0.6) is 0 Å². The van der Waals surface area contributed by atoms with Gasteiger partial charge in [0.25, 0.3) is 5.91 Å². The van der Waals surface area contributed by atoms with Crippen LogP contribution in [0.25, 0.3) is 0 Å². The molecule has 0 aliphatic carbocycles. The van der Waals surface area contributed by atoms with Gasteiger partial charge in [0.15, 0.2) is 10.8 Å². The molecular formula is C21H18F3N3O3S. The summed E-state index contributed by atoms with van der Waals surface area (Å²) in [5.74, 6) is -1.000. The number of rotatable bonds is 7. The number of carbonyl (C=O) groups is 2. The summed E-state index contributed by atoms with van der Waals surface area (Å²) in [6.45, 7) is 1.89. The number of thiazole rings is 1. The van der Waals surface area contributed by atoms with E-state index in [1.807, 2.05) is 0 Å². The Bertz CT molecular complexity index is 1070. The smallest absolute Gasteiger partial charge is 0.416 e. The number of nitrogens with one attached hydrogen (secondary N) is 2. The van der Waals surface area contributed by atoms with Crippen molar-refractivity contribution in [3.8, 4) is 0 Å². The molecule has 6 nitrogen and oxygen atoms in total. The third-order valence-corrected chi connectivity index (χ3v) is 4.92. The molecule has 0 aliphatic heterocycles. The van der Waals surface area contributed by atoms with Crippen LogP contribution in [-0.4, -0.2) is 23.5 Å². The monoisotopic (exact) mass is 449 g/mol. The Hall–Kier alpha value is -3.40. The van der Waals surface area contributed by atoms with Gasteiger partial charge in [-0.3, -0.25) is 10.1 Å². The molecule has 0 saturated heterocycles. The molecule has 1 amide bonds. The topological polar surface area (TPSA) is 80.3 Å². The van der Waals surface area contributed by atoms with Gasteiger partial charge in [0.1, 0.15) is 0 Å². The lowest BCUT2D eigenvalue weighted by atomic mass is 10.1. The Balaban J connectivity index is 1.61. The largest absolute Gasteiger partial charge is 0.461 e. The molecule has 0 spiro atoms. The van der Waals surface area contributed by atoms with Crippen molar-refractivity contribution in [2.45, 2.75) is 19.6 Å². The van der Waals surface area contributed by atoms with E-state index in [9.17, 15) is 22.8 Å². The van der Waals surface area contributed by atoms with Crippen molar-refractivity contribution in [2.24, 2.45) is 0 Å². The Morgan fingerprint density at radius 1 is 1.10 bits per heavy atom. The lowest BCUT2D eigenvalue weighted by molar-refractivity contribution is -0.138. The Morgan fingerprint density at radius 2 is 1.81 bits per heavy atom. The number of amides is 1. The number of benzene rings is 2. The van der Waals surface area contributed by atoms with E-state index in [1.54, 1.807) is 25.1 Å². The second kappa shape index (κ2) is 9.61. The third-order valence-electron chi connectivity index (χ3n) is 4.16. The number of hydrogen-bond acceptors (Lipinski definition) is 6. The molecule has 0 unspecified atom stereocenters. The molecular weight excluding hydrogens is 431 g/mol. The maximum absolute atomic E-state index is 13.1. The quantitative estimate of drug-likeness (QED) is 0.485. The average molecular weight is 449 g/mol. The molecule has 31 heavy (non-hydrogen) atoms. The van der Waals surface area contributed by atoms with Crippen LogP contribution in [0.2, 0.25) is 0 Å². The molecule has 10 heteroatoms. The van der Waals surface area contributed by atoms with Gasteiger partial charge in [-0.15, -0.1) is 11.3 Å². The van der Waals surface area contributed by atoms with Crippen molar-refractivity contribution in [3.05, 3.63) is 76.3 Å². The van der Waals surface area contributed by atoms with Crippen molar-refractivity contribution < 1.29 is 27.5 Å². The number of halogens is 3. The molecule has 0 saturated carbocycles. The van der Waals surface area contributed by atoms with E-state index in [-0.39, 0.29) is 29.5 Å². The summed E-state index contributed by atoms with van der Waals surface area (Å²) in [4.78, 5) is 28.0. The fourth-order valence-electron chi connectivity index (χ4n) is 2.69. The summed E-state index contributed by atoms with van der Waals surface area (Å²) in [7, 11) is 0. The maximum atomic E-state index is 13.1. The number of esters is 1. The normalized spacial score (nSPS) is 11.1. The third kappa shape index (κ3) is 5.82. The summed E-state index contributed by atoms with van der Waals surface area (Å²) in [5.41, 5.74) is 0.435. The Morgan fingerprint density at radius 3 is 2.48 bits per heavy atom. The molecule has 162 valence electrons. The minimum absolute atomic E-state index is 0.0169. The van der Waals surface area contributed by atoms with Crippen LogP contribution in [0, 0.1) is 0 Å². The molecule has 3 aromatic rings. The lowest BCUT2D eigenvalue weighted by Gasteiger charge is -2.14. The highest BCUT2D eigenvalue weighted by Crippen LogP contribution is 2.32. The van der Waals surface area contributed by atoms with Gasteiger partial charge in [-0.05, 0) is 42.8 Å². The summed E-state index contributed by atoms with van der Waals surface area (Å²) in [6, 6.07) is 11.6. The van der Waals surface area contributed by atoms with Gasteiger partial charge in [0.05, 0.1) is 12.2 Å². The van der Waals surface area contributed by atoms with E-state index in [0.29, 0.717) is 11.3 Å². The van der Waals surface area contributed by atoms with Crippen molar-refractivity contribution in [1.82, 2.24) is 4.98 Å². The zero-order valence-corrected chi connectivity index (χ0v) is 17.1. The highest BCUT2D eigenvalue weighted by atomic mass is 32.1. The number of ether oxygens (including phenoxy) is 1. The van der Waals surface area contributed by atoms with Gasteiger partial charge in [-0.2, -0.15) is 13.2 Å². The van der Waals surface area contributed by atoms with Crippen molar-refractivity contribution in [2.75, 3.05) is 17.2 Å². The lowest BCUT2D eigenvalue weighted by Crippen LogP contribution is -2.13. The molecule has 2 N–H and O–H groups in total. The fourth-order valence-corrected chi connectivity index (χ4v) is 3.36. The van der Waals surface area contributed by atoms with Gasteiger partial charge in [-0.1, -0.05) is 18.2 Å². The fraction of sp³-hybridized carbons (Fsp3) is 0.190. The number of hydrogen-bond donors (Lipinski definition) is 2. The number of nitrogens with zero attached hydrogens (tertiary/aromatic N) is 1. The van der Waals surface area contributed by atoms with Gasteiger partial charge in [0.2, 0.25) is 0 Å². The van der Waals surface area contributed by atoms with E-state index in [4.69, 9.17) is 4.74 Å². The van der Waals surface area contributed by atoms with Gasteiger partial charge in [0, 0.05) is 23.2 Å². The van der Waals surface area contributed by atoms with E-state index < -0.39 is 23.6 Å². The zero-order valence-electron chi connectivity index (χ0n) is 16.3. The Kier molecular flexibility index (Phi) is 6.91. The molecule has 0 atom stereocenters. The molecule has 0 fully saturated rings. The summed E-state index contributed by atoms with van der Waals surface area (Å²) in [6.07, 6.45) is -4.43. The first kappa shape index (κ1) is 22.3. The van der Waals surface area contributed by atoms with Crippen LogP contribution in [-0.2, 0) is 17.5 Å². The van der Waals surface area contributed by atoms with E-state index in [1.165, 1.54) is 29.6 Å². The molecule has 0 aliphatic rings. The van der Waals surface area contributed by atoms with E-state index >= 15 is 0 Å². The highest BCUT2D eigenvalue weighted by molar-refractivity contribution is 7.14. The van der Waals surface area contributed by atoms with Crippen molar-refractivity contribution in [3.63, 3.8) is 0 Å². The maximum Gasteiger partial charge on any atom is 0.416 e. The molecule has 2 aromatic carbocycles. The Labute approximate surface area is 180 Å². The summed E-state index contributed by atoms with van der Waals surface area (Å²) >= 11 is 1.09. The first-order chi connectivity index (χ1) is 14.8. The second-order valence-corrected chi connectivity index (χ2v) is 7.16. The predicted molar refractivity (Wildman–Crippen MR) is 111 cm³/mol. The first-order valence-electron chi connectivity index (χ1n) is 9.21. The molecule has 1 heterocycles. The van der Waals surface area contributed by atoms with Gasteiger partial charge in [-0.25, -0.2) is 9.78 Å². The number of carbonyl (C=O) groups excluding carboxylic acids is 2. The SMILES string of the molecule is CCOC(=O)c1csc(NC(=O)c2ccc(NCc3ccccc3C(F)(F)F)cc2)n1. The zero-order chi connectivity index (χ0) is 22.4. The summed E-state index contributed by atoms with van der Waals surface area (Å²) in [5, 5.41) is 7.25. The summed E-state index contributed by atoms with van der Waals surface area (Å²) < 4.78 is 44.1. The van der Waals surface area contributed by atoms with Crippen LogP contribution < -0.4 is 10.6 Å². The van der Waals surface area contributed by atoms with Gasteiger partial charge >= 0.3 is 12.1 Å². The molecule has 3 rings (SSSR count). The average Bonchev–Trinajstić information content (AvgIpc) is 3.21. The first-order valence-corrected chi connectivity index (χ1v) is 10.1. The number of alkyl halides is 3. The standard InChI is InChI=1S/C21H18F3N3O3S/c1-2-30-19(29)17-12-31-20(26-17)27-18(28)13-7-9-15(10-8-13)25-11-14-5-3-4-6-16(14)21(22,23)24/h3-10,12,25H,2,11H2,1H3,(H,26,27,28). The van der Waals surface area contributed by atoms with Crippen LogP contribution in [0.3, 0.4) is 0 Å². The predicted octanol–water partition coefficient (Wildman–Crippen LogP) is 5.20. The number of anilines is 2. The minimum Gasteiger partial charge on any atom is -0.461 e. The second-order valence-electron chi connectivity index (χ2n) is 6.30. The number of aromatic nitrogens is 1. The van der Waals surface area contributed by atoms with Crippen LogP contribution in [0.1, 0.15) is 38.9 Å². The van der Waals surface area contributed by atoms with Crippen molar-refractivity contribution >= 4 is 34.0 Å². The minimum atomic E-state index is -4.43. The van der Waals surface area contributed by atoms with Crippen LogP contribution in [0.4, 0.5) is 24.0 Å². The van der Waals surface area contributed by atoms with Crippen molar-refractivity contribution in [1.29, 1.82) is 0 Å². The highest BCUT2D eigenvalue weighted by Gasteiger charge is 2.32. The van der Waals surface area contributed by atoms with Crippen LogP contribution >= 0.6 is 11.3 Å². The van der Waals surface area contributed by atoms with Gasteiger partial charge < -0.3 is 10.1 Å². The van der Waals surface area contributed by atoms with E-state index in [0.717, 1.165) is 17.4 Å². The molecule has 0 radical (unpaired) electrons.